The number of hydrogen-bond donors (Lipinski definition) is 2. The number of nitrogens with one attached hydrogen (secondary N) is 1. The third-order valence-corrected chi connectivity index (χ3v) is 3.78. The van der Waals surface area contributed by atoms with Crippen molar-refractivity contribution in [1.29, 1.82) is 0 Å². The van der Waals surface area contributed by atoms with E-state index in [2.05, 4.69) is 50.0 Å². The highest BCUT2D eigenvalue weighted by Crippen LogP contribution is 2.20. The molecule has 0 bridgehead atoms. The monoisotopic (exact) mass is 309 g/mol. The predicted molar refractivity (Wildman–Crippen MR) is 95.3 cm³/mol. The normalized spacial score (nSPS) is 12.4. The van der Waals surface area contributed by atoms with Crippen molar-refractivity contribution in [3.8, 4) is 5.75 Å². The van der Waals surface area contributed by atoms with E-state index in [-0.39, 0.29) is 5.37 Å². The molecule has 0 aliphatic carbocycles. The first-order valence-corrected chi connectivity index (χ1v) is 8.79. The Morgan fingerprint density at radius 3 is 2.52 bits per heavy atom. The lowest BCUT2D eigenvalue weighted by Crippen LogP contribution is -2.19. The van der Waals surface area contributed by atoms with Gasteiger partial charge in [-0.15, -0.1) is 0 Å². The van der Waals surface area contributed by atoms with Crippen LogP contribution in [0.1, 0.15) is 63.5 Å². The van der Waals surface area contributed by atoms with Crippen molar-refractivity contribution in [2.24, 2.45) is 0 Å². The van der Waals surface area contributed by atoms with Gasteiger partial charge in [0.1, 0.15) is 5.75 Å². The first-order chi connectivity index (χ1) is 10.1. The lowest BCUT2D eigenvalue weighted by molar-refractivity contribution is 0.302. The lowest BCUT2D eigenvalue weighted by Gasteiger charge is -2.12. The number of thiol groups is 1. The van der Waals surface area contributed by atoms with Gasteiger partial charge < -0.3 is 10.1 Å². The van der Waals surface area contributed by atoms with Crippen LogP contribution in [0, 0.1) is 6.92 Å². The minimum absolute atomic E-state index is 0.217. The van der Waals surface area contributed by atoms with Crippen LogP contribution >= 0.6 is 12.6 Å². The molecule has 0 aliphatic heterocycles. The second-order valence-corrected chi connectivity index (χ2v) is 6.55. The Kier molecular flexibility index (Phi) is 9.60. The van der Waals surface area contributed by atoms with Gasteiger partial charge in [-0.3, -0.25) is 0 Å². The first-order valence-electron chi connectivity index (χ1n) is 8.27. The number of unbranched alkanes of at least 4 members (excludes halogenated alkanes) is 5. The van der Waals surface area contributed by atoms with Crippen molar-refractivity contribution in [2.45, 2.75) is 71.2 Å². The molecule has 120 valence electrons. The molecule has 1 N–H and O–H groups in total. The lowest BCUT2D eigenvalue weighted by atomic mass is 10.1. The Morgan fingerprint density at radius 2 is 1.86 bits per heavy atom. The molecule has 0 radical (unpaired) electrons. The molecule has 1 unspecified atom stereocenters. The minimum atomic E-state index is 0.217. The second-order valence-electron chi connectivity index (χ2n) is 5.77. The quantitative estimate of drug-likeness (QED) is 0.337. The van der Waals surface area contributed by atoms with Crippen LogP contribution in [0.4, 0.5) is 0 Å². The fourth-order valence-corrected chi connectivity index (χ4v) is 2.40. The maximum absolute atomic E-state index is 5.89. The third-order valence-electron chi connectivity index (χ3n) is 3.60. The van der Waals surface area contributed by atoms with Crippen molar-refractivity contribution < 1.29 is 4.74 Å². The Labute approximate surface area is 136 Å². The standard InChI is InChI=1S/C18H31NOS/c1-4-5-6-7-8-9-12-20-18-11-10-17(13-15(18)2)14-19-16(3)21/h10-11,13,16,19,21H,4-9,12,14H2,1-3H3. The SMILES string of the molecule is CCCCCCCCOc1ccc(CNC(C)S)cc1C. The van der Waals surface area contributed by atoms with Crippen LogP contribution in [0.25, 0.3) is 0 Å². The van der Waals surface area contributed by atoms with E-state index in [4.69, 9.17) is 4.74 Å². The number of aryl methyl sites for hydroxylation is 1. The molecule has 0 spiro atoms. The number of benzene rings is 1. The molecule has 0 aromatic heterocycles. The zero-order valence-electron chi connectivity index (χ0n) is 13.8. The number of hydrogen-bond acceptors (Lipinski definition) is 3. The minimum Gasteiger partial charge on any atom is -0.493 e. The van der Waals surface area contributed by atoms with Gasteiger partial charge in [-0.2, -0.15) is 12.6 Å². The van der Waals surface area contributed by atoms with Gasteiger partial charge in [0.15, 0.2) is 0 Å². The summed E-state index contributed by atoms with van der Waals surface area (Å²) in [6.45, 7) is 8.08. The van der Waals surface area contributed by atoms with E-state index in [0.717, 1.165) is 25.3 Å². The molecule has 0 aliphatic rings. The zero-order valence-corrected chi connectivity index (χ0v) is 14.7. The summed E-state index contributed by atoms with van der Waals surface area (Å²) in [5, 5.41) is 3.53. The maximum atomic E-state index is 5.89. The molecular weight excluding hydrogens is 278 g/mol. The van der Waals surface area contributed by atoms with Crippen molar-refractivity contribution >= 4 is 12.6 Å². The molecule has 21 heavy (non-hydrogen) atoms. The van der Waals surface area contributed by atoms with Crippen LogP contribution in [-0.2, 0) is 6.54 Å². The van der Waals surface area contributed by atoms with Crippen LogP contribution in [0.2, 0.25) is 0 Å². The molecule has 1 aromatic rings. The molecule has 0 saturated heterocycles. The van der Waals surface area contributed by atoms with E-state index >= 15 is 0 Å². The van der Waals surface area contributed by atoms with Crippen molar-refractivity contribution in [2.75, 3.05) is 6.61 Å². The van der Waals surface area contributed by atoms with Gasteiger partial charge in [0, 0.05) is 11.9 Å². The van der Waals surface area contributed by atoms with E-state index in [9.17, 15) is 0 Å². The summed E-state index contributed by atoms with van der Waals surface area (Å²) >= 11 is 4.33. The average Bonchev–Trinajstić information content (AvgIpc) is 2.46. The molecule has 0 heterocycles. The van der Waals surface area contributed by atoms with E-state index in [1.54, 1.807) is 0 Å². The summed E-state index contributed by atoms with van der Waals surface area (Å²) in [6.07, 6.45) is 7.80. The molecule has 1 atom stereocenters. The smallest absolute Gasteiger partial charge is 0.122 e. The third kappa shape index (κ3) is 8.37. The topological polar surface area (TPSA) is 21.3 Å². The van der Waals surface area contributed by atoms with Crippen LogP contribution < -0.4 is 10.1 Å². The summed E-state index contributed by atoms with van der Waals surface area (Å²) in [5.74, 6) is 1.02. The predicted octanol–water partition coefficient (Wildman–Crippen LogP) is 5.10. The Hall–Kier alpha value is -0.670. The van der Waals surface area contributed by atoms with E-state index in [1.165, 1.54) is 43.2 Å². The summed E-state index contributed by atoms with van der Waals surface area (Å²) in [5.41, 5.74) is 2.49. The highest BCUT2D eigenvalue weighted by Gasteiger charge is 2.02. The van der Waals surface area contributed by atoms with Gasteiger partial charge in [-0.05, 0) is 37.5 Å². The van der Waals surface area contributed by atoms with Crippen molar-refractivity contribution in [3.05, 3.63) is 29.3 Å². The van der Waals surface area contributed by atoms with Crippen LogP contribution in [0.3, 0.4) is 0 Å². The average molecular weight is 310 g/mol. The van der Waals surface area contributed by atoms with Gasteiger partial charge in [-0.25, -0.2) is 0 Å². The molecule has 1 aromatic carbocycles. The second kappa shape index (κ2) is 11.0. The number of ether oxygens (including phenoxy) is 1. The fraction of sp³-hybridized carbons (Fsp3) is 0.667. The largest absolute Gasteiger partial charge is 0.493 e. The van der Waals surface area contributed by atoms with Crippen molar-refractivity contribution in [1.82, 2.24) is 5.32 Å². The Balaban J connectivity index is 2.26. The van der Waals surface area contributed by atoms with Gasteiger partial charge in [0.25, 0.3) is 0 Å². The summed E-state index contributed by atoms with van der Waals surface area (Å²) in [6, 6.07) is 6.42. The summed E-state index contributed by atoms with van der Waals surface area (Å²) in [4.78, 5) is 0. The van der Waals surface area contributed by atoms with E-state index < -0.39 is 0 Å². The molecular formula is C18H31NOS. The van der Waals surface area contributed by atoms with Gasteiger partial charge in [0.05, 0.1) is 6.61 Å². The highest BCUT2D eigenvalue weighted by atomic mass is 32.1. The summed E-state index contributed by atoms with van der Waals surface area (Å²) in [7, 11) is 0. The number of rotatable bonds is 11. The fourth-order valence-electron chi connectivity index (χ4n) is 2.31. The zero-order chi connectivity index (χ0) is 15.5. The summed E-state index contributed by atoms with van der Waals surface area (Å²) < 4.78 is 5.89. The Morgan fingerprint density at radius 1 is 1.14 bits per heavy atom. The van der Waals surface area contributed by atoms with Crippen LogP contribution in [0.5, 0.6) is 5.75 Å². The molecule has 0 fully saturated rings. The van der Waals surface area contributed by atoms with Gasteiger partial charge in [-0.1, -0.05) is 51.2 Å². The highest BCUT2D eigenvalue weighted by molar-refractivity contribution is 7.80. The molecule has 1 rings (SSSR count). The van der Waals surface area contributed by atoms with E-state index in [1.807, 2.05) is 6.92 Å². The molecule has 2 nitrogen and oxygen atoms in total. The van der Waals surface area contributed by atoms with E-state index in [0.29, 0.717) is 0 Å². The van der Waals surface area contributed by atoms with Crippen molar-refractivity contribution in [3.63, 3.8) is 0 Å². The molecule has 3 heteroatoms. The van der Waals surface area contributed by atoms with Gasteiger partial charge in [0.2, 0.25) is 0 Å². The van der Waals surface area contributed by atoms with Gasteiger partial charge >= 0.3 is 0 Å². The van der Waals surface area contributed by atoms with Crippen LogP contribution in [-0.4, -0.2) is 12.0 Å². The van der Waals surface area contributed by atoms with Crippen LogP contribution in [0.15, 0.2) is 18.2 Å². The maximum Gasteiger partial charge on any atom is 0.122 e. The first kappa shape index (κ1) is 18.4. The molecule has 0 saturated carbocycles. The molecule has 0 amide bonds. The Bertz CT molecular complexity index is 393.